The first-order valence-corrected chi connectivity index (χ1v) is 11.7. The van der Waals surface area contributed by atoms with Crippen molar-refractivity contribution in [1.82, 2.24) is 0 Å². The molecule has 0 spiro atoms. The summed E-state index contributed by atoms with van der Waals surface area (Å²) in [4.78, 5) is 0. The Balaban J connectivity index is 1.45. The van der Waals surface area contributed by atoms with Gasteiger partial charge in [0.1, 0.15) is 0 Å². The SMILES string of the molecule is CC(C1OCCO1)[C@H]1CC[C@H]2[C@@H]3C=CC4(O)CC(O)CC(O)[C@]4(C)[C@H]3CC[C@]12C. The van der Waals surface area contributed by atoms with E-state index in [0.29, 0.717) is 49.7 Å². The van der Waals surface area contributed by atoms with Gasteiger partial charge in [-0.3, -0.25) is 0 Å². The molecule has 4 fully saturated rings. The van der Waals surface area contributed by atoms with Crippen LogP contribution in [0.5, 0.6) is 0 Å². The molecule has 164 valence electrons. The average molecular weight is 407 g/mol. The zero-order chi connectivity index (χ0) is 20.6. The molecule has 5 rings (SSSR count). The minimum Gasteiger partial charge on any atom is -0.393 e. The predicted molar refractivity (Wildman–Crippen MR) is 109 cm³/mol. The van der Waals surface area contributed by atoms with Crippen LogP contribution in [0.4, 0.5) is 0 Å². The van der Waals surface area contributed by atoms with Gasteiger partial charge in [-0.05, 0) is 54.8 Å². The first-order valence-electron chi connectivity index (χ1n) is 11.7. The van der Waals surface area contributed by atoms with Crippen LogP contribution in [-0.4, -0.2) is 52.6 Å². The Kier molecular flexibility index (Phi) is 4.77. The van der Waals surface area contributed by atoms with E-state index in [2.05, 4.69) is 26.8 Å². The van der Waals surface area contributed by atoms with Gasteiger partial charge in [0.2, 0.25) is 0 Å². The van der Waals surface area contributed by atoms with Gasteiger partial charge >= 0.3 is 0 Å². The Morgan fingerprint density at radius 2 is 1.76 bits per heavy atom. The lowest BCUT2D eigenvalue weighted by Crippen LogP contribution is -2.66. The standard InChI is InChI=1S/C24H38O5/c1-14(21-28-10-11-29-21)17-4-5-18-16-6-9-24(27)13-15(25)12-20(26)23(24,3)19(16)7-8-22(17,18)2/h6,9,14-21,25-27H,4-5,7-8,10-13H2,1-3H3/t14?,15?,16-,17+,18-,19-,20?,22+,23-,24?/m0/s1. The Morgan fingerprint density at radius 3 is 2.48 bits per heavy atom. The lowest BCUT2D eigenvalue weighted by molar-refractivity contribution is -0.218. The Labute approximate surface area is 174 Å². The number of aliphatic hydroxyl groups excluding tert-OH is 2. The summed E-state index contributed by atoms with van der Waals surface area (Å²) in [5.41, 5.74) is -1.46. The monoisotopic (exact) mass is 406 g/mol. The third kappa shape index (κ3) is 2.70. The van der Waals surface area contributed by atoms with E-state index in [-0.39, 0.29) is 17.6 Å². The van der Waals surface area contributed by atoms with E-state index in [1.807, 2.05) is 6.08 Å². The molecule has 0 aromatic carbocycles. The summed E-state index contributed by atoms with van der Waals surface area (Å²) in [5.74, 6) is 2.17. The molecule has 4 unspecified atom stereocenters. The van der Waals surface area contributed by atoms with Crippen LogP contribution < -0.4 is 0 Å². The summed E-state index contributed by atoms with van der Waals surface area (Å²) in [6.45, 7) is 8.24. The number of allylic oxidation sites excluding steroid dienone is 1. The zero-order valence-electron chi connectivity index (χ0n) is 18.1. The molecule has 0 aromatic heterocycles. The molecule has 5 nitrogen and oxygen atoms in total. The third-order valence-electron chi connectivity index (χ3n) is 10.1. The van der Waals surface area contributed by atoms with E-state index in [4.69, 9.17) is 9.47 Å². The first-order chi connectivity index (χ1) is 13.7. The molecular formula is C24H38O5. The summed E-state index contributed by atoms with van der Waals surface area (Å²) < 4.78 is 11.7. The molecule has 1 heterocycles. The van der Waals surface area contributed by atoms with Crippen molar-refractivity contribution < 1.29 is 24.8 Å². The number of hydrogen-bond donors (Lipinski definition) is 3. The molecule has 3 N–H and O–H groups in total. The highest BCUT2D eigenvalue weighted by Crippen LogP contribution is 2.67. The molecule has 5 aliphatic rings. The number of ether oxygens (including phenoxy) is 2. The summed E-state index contributed by atoms with van der Waals surface area (Å²) in [6.07, 6.45) is 8.03. The van der Waals surface area contributed by atoms with Crippen molar-refractivity contribution in [3.8, 4) is 0 Å². The van der Waals surface area contributed by atoms with Crippen LogP contribution in [0.3, 0.4) is 0 Å². The molecule has 0 aromatic rings. The average Bonchev–Trinajstić information content (AvgIpc) is 3.30. The minimum absolute atomic E-state index is 0.0699. The van der Waals surface area contributed by atoms with Crippen LogP contribution in [0.2, 0.25) is 0 Å². The Bertz CT molecular complexity index is 674. The highest BCUT2D eigenvalue weighted by Gasteiger charge is 2.66. The van der Waals surface area contributed by atoms with E-state index < -0.39 is 23.2 Å². The summed E-state index contributed by atoms with van der Waals surface area (Å²) in [7, 11) is 0. The van der Waals surface area contributed by atoms with Crippen molar-refractivity contribution in [2.24, 2.45) is 40.4 Å². The number of fused-ring (bicyclic) bond motifs is 5. The summed E-state index contributed by atoms with van der Waals surface area (Å²) in [5, 5.41) is 32.7. The molecule has 3 saturated carbocycles. The van der Waals surface area contributed by atoms with Crippen LogP contribution in [0.15, 0.2) is 12.2 Å². The van der Waals surface area contributed by atoms with Gasteiger partial charge in [-0.1, -0.05) is 32.9 Å². The maximum Gasteiger partial charge on any atom is 0.160 e. The number of rotatable bonds is 2. The third-order valence-corrected chi connectivity index (χ3v) is 10.1. The van der Waals surface area contributed by atoms with Gasteiger partial charge in [0.05, 0.1) is 31.0 Å². The largest absolute Gasteiger partial charge is 0.393 e. The zero-order valence-corrected chi connectivity index (χ0v) is 18.1. The van der Waals surface area contributed by atoms with E-state index in [9.17, 15) is 15.3 Å². The number of hydrogen-bond acceptors (Lipinski definition) is 5. The maximum atomic E-state index is 11.5. The molecule has 10 atom stereocenters. The topological polar surface area (TPSA) is 79.2 Å². The van der Waals surface area contributed by atoms with E-state index in [1.54, 1.807) is 0 Å². The quantitative estimate of drug-likeness (QED) is 0.615. The Morgan fingerprint density at radius 1 is 1.03 bits per heavy atom. The van der Waals surface area contributed by atoms with Crippen LogP contribution >= 0.6 is 0 Å². The second kappa shape index (κ2) is 6.77. The molecule has 0 radical (unpaired) electrons. The van der Waals surface area contributed by atoms with Crippen molar-refractivity contribution in [3.63, 3.8) is 0 Å². The second-order valence-electron chi connectivity index (χ2n) is 11.2. The fourth-order valence-corrected chi connectivity index (χ4v) is 8.48. The molecule has 5 heteroatoms. The molecule has 4 aliphatic carbocycles. The molecule has 1 saturated heterocycles. The van der Waals surface area contributed by atoms with Crippen LogP contribution in [0, 0.1) is 40.4 Å². The lowest BCUT2D eigenvalue weighted by atomic mass is 9.44. The van der Waals surface area contributed by atoms with Gasteiger partial charge in [-0.15, -0.1) is 0 Å². The smallest absolute Gasteiger partial charge is 0.160 e. The fraction of sp³-hybridized carbons (Fsp3) is 0.917. The van der Waals surface area contributed by atoms with Gasteiger partial charge in [0.25, 0.3) is 0 Å². The Hall–Kier alpha value is -0.460. The van der Waals surface area contributed by atoms with Crippen molar-refractivity contribution in [2.75, 3.05) is 13.2 Å². The van der Waals surface area contributed by atoms with E-state index in [1.165, 1.54) is 12.8 Å². The van der Waals surface area contributed by atoms with Gasteiger partial charge in [-0.2, -0.15) is 0 Å². The molecular weight excluding hydrogens is 368 g/mol. The summed E-state index contributed by atoms with van der Waals surface area (Å²) >= 11 is 0. The highest BCUT2D eigenvalue weighted by molar-refractivity contribution is 5.26. The van der Waals surface area contributed by atoms with Crippen molar-refractivity contribution in [1.29, 1.82) is 0 Å². The lowest BCUT2D eigenvalue weighted by Gasteiger charge is -2.63. The fourth-order valence-electron chi connectivity index (χ4n) is 8.48. The minimum atomic E-state index is -1.12. The summed E-state index contributed by atoms with van der Waals surface area (Å²) in [6, 6.07) is 0. The van der Waals surface area contributed by atoms with Crippen molar-refractivity contribution in [2.45, 2.75) is 83.4 Å². The van der Waals surface area contributed by atoms with Crippen LogP contribution in [0.25, 0.3) is 0 Å². The van der Waals surface area contributed by atoms with Crippen LogP contribution in [0.1, 0.15) is 59.3 Å². The van der Waals surface area contributed by atoms with E-state index in [0.717, 1.165) is 12.8 Å². The van der Waals surface area contributed by atoms with E-state index >= 15 is 0 Å². The molecule has 0 amide bonds. The molecule has 0 bridgehead atoms. The highest BCUT2D eigenvalue weighted by atomic mass is 16.7. The predicted octanol–water partition coefficient (Wildman–Crippen LogP) is 2.88. The van der Waals surface area contributed by atoms with Crippen LogP contribution in [-0.2, 0) is 9.47 Å². The molecule has 29 heavy (non-hydrogen) atoms. The number of aliphatic hydroxyl groups is 3. The van der Waals surface area contributed by atoms with Gasteiger partial charge in [0, 0.05) is 24.2 Å². The normalized spacial score (nSPS) is 55.9. The van der Waals surface area contributed by atoms with Crippen molar-refractivity contribution in [3.05, 3.63) is 12.2 Å². The second-order valence-corrected chi connectivity index (χ2v) is 11.2. The van der Waals surface area contributed by atoms with Gasteiger partial charge in [0.15, 0.2) is 6.29 Å². The first kappa shape index (κ1) is 20.4. The maximum absolute atomic E-state index is 11.5. The van der Waals surface area contributed by atoms with Gasteiger partial charge in [-0.25, -0.2) is 0 Å². The van der Waals surface area contributed by atoms with Gasteiger partial charge < -0.3 is 24.8 Å². The van der Waals surface area contributed by atoms with Crippen molar-refractivity contribution >= 4 is 0 Å². The molecule has 1 aliphatic heterocycles.